The summed E-state index contributed by atoms with van der Waals surface area (Å²) >= 11 is 0. The van der Waals surface area contributed by atoms with Crippen molar-refractivity contribution in [2.45, 2.75) is 27.7 Å². The fourth-order valence-electron chi connectivity index (χ4n) is 1.39. The zero-order valence-corrected chi connectivity index (χ0v) is 10.8. The molecule has 1 rings (SSSR count). The van der Waals surface area contributed by atoms with Crippen LogP contribution >= 0.6 is 0 Å². The molecule has 0 fully saturated rings. The number of hydrogen-bond acceptors (Lipinski definition) is 3. The van der Waals surface area contributed by atoms with Gasteiger partial charge in [-0.3, -0.25) is 0 Å². The first-order valence-corrected chi connectivity index (χ1v) is 5.86. The molecular formula is C13H20N2O2. The minimum absolute atomic E-state index is 0.257. The normalized spacial score (nSPS) is 12.5. The highest BCUT2D eigenvalue weighted by molar-refractivity contribution is 5.89. The number of nitrogens with zero attached hydrogens (tertiary/aromatic N) is 1. The van der Waals surface area contributed by atoms with Crippen molar-refractivity contribution in [2.75, 3.05) is 11.9 Å². The average molecular weight is 236 g/mol. The van der Waals surface area contributed by atoms with Gasteiger partial charge in [-0.15, -0.1) is 0 Å². The molecular weight excluding hydrogens is 216 g/mol. The summed E-state index contributed by atoms with van der Waals surface area (Å²) in [6.07, 6.45) is 0. The first-order chi connectivity index (χ1) is 7.91. The molecule has 0 radical (unpaired) electrons. The van der Waals surface area contributed by atoms with E-state index in [2.05, 4.69) is 31.1 Å². The van der Waals surface area contributed by atoms with E-state index in [0.29, 0.717) is 17.5 Å². The molecule has 4 heteroatoms. The van der Waals surface area contributed by atoms with Gasteiger partial charge < -0.3 is 10.4 Å². The Hall–Kier alpha value is -1.58. The van der Waals surface area contributed by atoms with E-state index in [1.165, 1.54) is 0 Å². The van der Waals surface area contributed by atoms with Crippen LogP contribution in [-0.2, 0) is 0 Å². The van der Waals surface area contributed by atoms with Crippen LogP contribution in [0.4, 0.5) is 5.82 Å². The molecule has 0 saturated carbocycles. The van der Waals surface area contributed by atoms with Crippen molar-refractivity contribution in [3.05, 3.63) is 23.4 Å². The number of carboxylic acid groups (broad SMARTS) is 1. The fourth-order valence-corrected chi connectivity index (χ4v) is 1.39. The van der Waals surface area contributed by atoms with E-state index in [9.17, 15) is 4.79 Å². The number of aryl methyl sites for hydroxylation is 1. The van der Waals surface area contributed by atoms with Gasteiger partial charge in [0.2, 0.25) is 0 Å². The molecule has 1 heterocycles. The Morgan fingerprint density at radius 2 is 2.06 bits per heavy atom. The third kappa shape index (κ3) is 3.73. The van der Waals surface area contributed by atoms with Gasteiger partial charge in [0, 0.05) is 6.54 Å². The lowest BCUT2D eigenvalue weighted by molar-refractivity contribution is 0.0695. The summed E-state index contributed by atoms with van der Waals surface area (Å²) in [6, 6.07) is 3.30. The Labute approximate surface area is 102 Å². The van der Waals surface area contributed by atoms with Gasteiger partial charge in [0.25, 0.3) is 0 Å². The molecule has 0 aromatic carbocycles. The maximum absolute atomic E-state index is 10.8. The van der Waals surface area contributed by atoms with E-state index in [1.807, 2.05) is 0 Å². The number of hydrogen-bond donors (Lipinski definition) is 2. The summed E-state index contributed by atoms with van der Waals surface area (Å²) in [6.45, 7) is 9.09. The van der Waals surface area contributed by atoms with Crippen LogP contribution in [0.15, 0.2) is 12.1 Å². The van der Waals surface area contributed by atoms with Gasteiger partial charge in [-0.25, -0.2) is 9.78 Å². The Morgan fingerprint density at radius 1 is 1.41 bits per heavy atom. The molecule has 1 aromatic heterocycles. The van der Waals surface area contributed by atoms with Gasteiger partial charge >= 0.3 is 5.97 Å². The van der Waals surface area contributed by atoms with Gasteiger partial charge in [-0.05, 0) is 30.9 Å². The number of carbonyl (C=O) groups is 1. The monoisotopic (exact) mass is 236 g/mol. The van der Waals surface area contributed by atoms with Crippen LogP contribution < -0.4 is 5.32 Å². The number of anilines is 1. The number of nitrogens with one attached hydrogen (secondary N) is 1. The first-order valence-electron chi connectivity index (χ1n) is 5.86. The van der Waals surface area contributed by atoms with Crippen molar-refractivity contribution in [3.8, 4) is 0 Å². The number of pyridine rings is 1. The van der Waals surface area contributed by atoms with Crippen LogP contribution in [0.1, 0.15) is 36.8 Å². The minimum Gasteiger partial charge on any atom is -0.478 e. The van der Waals surface area contributed by atoms with E-state index in [1.54, 1.807) is 19.1 Å². The Morgan fingerprint density at radius 3 is 2.53 bits per heavy atom. The zero-order valence-electron chi connectivity index (χ0n) is 10.8. The third-order valence-electron chi connectivity index (χ3n) is 3.06. The van der Waals surface area contributed by atoms with E-state index in [-0.39, 0.29) is 5.56 Å². The molecule has 1 atom stereocenters. The smallest absolute Gasteiger partial charge is 0.337 e. The Kier molecular flexibility index (Phi) is 4.49. The van der Waals surface area contributed by atoms with Crippen LogP contribution in [0.3, 0.4) is 0 Å². The molecule has 0 aliphatic carbocycles. The molecule has 1 unspecified atom stereocenters. The number of aromatic nitrogens is 1. The number of aromatic carboxylic acids is 1. The van der Waals surface area contributed by atoms with Crippen LogP contribution in [0.25, 0.3) is 0 Å². The van der Waals surface area contributed by atoms with Crippen molar-refractivity contribution >= 4 is 11.8 Å². The molecule has 4 nitrogen and oxygen atoms in total. The van der Waals surface area contributed by atoms with Crippen molar-refractivity contribution in [1.82, 2.24) is 4.98 Å². The predicted octanol–water partition coefficient (Wildman–Crippen LogP) is 2.79. The van der Waals surface area contributed by atoms with E-state index in [0.717, 1.165) is 12.4 Å². The quantitative estimate of drug-likeness (QED) is 0.825. The maximum Gasteiger partial charge on any atom is 0.337 e. The lowest BCUT2D eigenvalue weighted by Crippen LogP contribution is -2.17. The third-order valence-corrected chi connectivity index (χ3v) is 3.06. The molecule has 17 heavy (non-hydrogen) atoms. The lowest BCUT2D eigenvalue weighted by atomic mass is 9.98. The SMILES string of the molecule is Cc1nc(NCC(C)C(C)C)ccc1C(=O)O. The summed E-state index contributed by atoms with van der Waals surface area (Å²) in [4.78, 5) is 15.1. The first kappa shape index (κ1) is 13.5. The molecule has 1 aromatic rings. The highest BCUT2D eigenvalue weighted by atomic mass is 16.4. The lowest BCUT2D eigenvalue weighted by Gasteiger charge is -2.16. The molecule has 0 aliphatic heterocycles. The summed E-state index contributed by atoms with van der Waals surface area (Å²) in [7, 11) is 0. The molecule has 0 aliphatic rings. The summed E-state index contributed by atoms with van der Waals surface area (Å²) in [5, 5.41) is 12.1. The van der Waals surface area contributed by atoms with Crippen LogP contribution in [-0.4, -0.2) is 22.6 Å². The zero-order chi connectivity index (χ0) is 13.0. The Bertz CT molecular complexity index is 402. The molecule has 94 valence electrons. The second kappa shape index (κ2) is 5.66. The summed E-state index contributed by atoms with van der Waals surface area (Å²) in [5.74, 6) is 0.968. The van der Waals surface area contributed by atoms with Crippen molar-refractivity contribution in [3.63, 3.8) is 0 Å². The van der Waals surface area contributed by atoms with Crippen LogP contribution in [0.5, 0.6) is 0 Å². The van der Waals surface area contributed by atoms with Gasteiger partial charge in [0.1, 0.15) is 5.82 Å². The largest absolute Gasteiger partial charge is 0.478 e. The fraction of sp³-hybridized carbons (Fsp3) is 0.538. The maximum atomic E-state index is 10.8. The van der Waals surface area contributed by atoms with Gasteiger partial charge in [0.05, 0.1) is 11.3 Å². The molecule has 0 bridgehead atoms. The van der Waals surface area contributed by atoms with Crippen LogP contribution in [0, 0.1) is 18.8 Å². The second-order valence-corrected chi connectivity index (χ2v) is 4.74. The van der Waals surface area contributed by atoms with E-state index in [4.69, 9.17) is 5.11 Å². The minimum atomic E-state index is -0.933. The standard InChI is InChI=1S/C13H20N2O2/c1-8(2)9(3)7-14-12-6-5-11(13(16)17)10(4)15-12/h5-6,8-9H,7H2,1-4H3,(H,14,15)(H,16,17). The number of rotatable bonds is 5. The van der Waals surface area contributed by atoms with Crippen LogP contribution in [0.2, 0.25) is 0 Å². The molecule has 0 amide bonds. The van der Waals surface area contributed by atoms with Gasteiger partial charge in [0.15, 0.2) is 0 Å². The highest BCUT2D eigenvalue weighted by Gasteiger charge is 2.10. The van der Waals surface area contributed by atoms with Gasteiger partial charge in [-0.1, -0.05) is 20.8 Å². The highest BCUT2D eigenvalue weighted by Crippen LogP contribution is 2.13. The molecule has 0 spiro atoms. The van der Waals surface area contributed by atoms with Crippen molar-refractivity contribution in [1.29, 1.82) is 0 Å². The van der Waals surface area contributed by atoms with E-state index < -0.39 is 5.97 Å². The number of carboxylic acids is 1. The average Bonchev–Trinajstić information content (AvgIpc) is 2.25. The molecule has 2 N–H and O–H groups in total. The topological polar surface area (TPSA) is 62.2 Å². The van der Waals surface area contributed by atoms with E-state index >= 15 is 0 Å². The molecule has 0 saturated heterocycles. The predicted molar refractivity (Wildman–Crippen MR) is 68.4 cm³/mol. The van der Waals surface area contributed by atoms with Gasteiger partial charge in [-0.2, -0.15) is 0 Å². The van der Waals surface area contributed by atoms with Crippen molar-refractivity contribution < 1.29 is 9.90 Å². The van der Waals surface area contributed by atoms with Crippen molar-refractivity contribution in [2.24, 2.45) is 11.8 Å². The summed E-state index contributed by atoms with van der Waals surface area (Å²) < 4.78 is 0. The summed E-state index contributed by atoms with van der Waals surface area (Å²) in [5.41, 5.74) is 0.798. The Balaban J connectivity index is 2.68. The second-order valence-electron chi connectivity index (χ2n) is 4.74.